The van der Waals surface area contributed by atoms with Gasteiger partial charge < -0.3 is 5.32 Å². The SMILES string of the molecule is O=C(Cc1cc(F)cc(C(F)(F)F)c1)Nc1nc(-c2ccncc2)cs1. The Morgan fingerprint density at radius 3 is 2.58 bits per heavy atom. The first-order valence-electron chi connectivity index (χ1n) is 7.34. The molecule has 26 heavy (non-hydrogen) atoms. The van der Waals surface area contributed by atoms with E-state index in [1.165, 1.54) is 11.3 Å². The molecule has 1 N–H and O–H groups in total. The molecule has 9 heteroatoms. The van der Waals surface area contributed by atoms with Crippen molar-refractivity contribution in [3.8, 4) is 11.3 Å². The number of carbonyl (C=O) groups is 1. The topological polar surface area (TPSA) is 54.9 Å². The van der Waals surface area contributed by atoms with Crippen LogP contribution in [0.3, 0.4) is 0 Å². The van der Waals surface area contributed by atoms with Crippen LogP contribution >= 0.6 is 11.3 Å². The lowest BCUT2D eigenvalue weighted by molar-refractivity contribution is -0.137. The predicted octanol–water partition coefficient (Wildman–Crippen LogP) is 4.54. The summed E-state index contributed by atoms with van der Waals surface area (Å²) in [5, 5.41) is 4.54. The Kier molecular flexibility index (Phi) is 4.99. The van der Waals surface area contributed by atoms with Gasteiger partial charge in [0, 0.05) is 23.3 Å². The van der Waals surface area contributed by atoms with E-state index in [2.05, 4.69) is 15.3 Å². The first kappa shape index (κ1) is 18.0. The molecule has 1 aromatic carbocycles. The molecule has 0 bridgehead atoms. The highest BCUT2D eigenvalue weighted by Crippen LogP contribution is 2.30. The Labute approximate surface area is 149 Å². The number of thiazole rings is 1. The van der Waals surface area contributed by atoms with Gasteiger partial charge in [-0.3, -0.25) is 9.78 Å². The summed E-state index contributed by atoms with van der Waals surface area (Å²) in [6.07, 6.45) is -1.86. The van der Waals surface area contributed by atoms with Gasteiger partial charge in [0.1, 0.15) is 5.82 Å². The average molecular weight is 381 g/mol. The number of hydrogen-bond donors (Lipinski definition) is 1. The Morgan fingerprint density at radius 1 is 1.15 bits per heavy atom. The van der Waals surface area contributed by atoms with Crippen molar-refractivity contribution in [2.75, 3.05) is 5.32 Å². The second-order valence-electron chi connectivity index (χ2n) is 5.34. The number of hydrogen-bond acceptors (Lipinski definition) is 4. The molecule has 0 atom stereocenters. The number of carbonyl (C=O) groups excluding carboxylic acids is 1. The number of aromatic nitrogens is 2. The largest absolute Gasteiger partial charge is 0.416 e. The number of halogens is 4. The number of nitrogens with zero attached hydrogens (tertiary/aromatic N) is 2. The normalized spacial score (nSPS) is 11.4. The van der Waals surface area contributed by atoms with E-state index < -0.39 is 29.9 Å². The van der Waals surface area contributed by atoms with Crippen molar-refractivity contribution in [3.05, 3.63) is 65.0 Å². The highest BCUT2D eigenvalue weighted by molar-refractivity contribution is 7.14. The predicted molar refractivity (Wildman–Crippen MR) is 89.1 cm³/mol. The third-order valence-corrected chi connectivity index (χ3v) is 4.13. The number of nitrogens with one attached hydrogen (secondary N) is 1. The molecule has 2 heterocycles. The zero-order valence-electron chi connectivity index (χ0n) is 13.0. The molecule has 0 spiro atoms. The lowest BCUT2D eigenvalue weighted by Crippen LogP contribution is -2.15. The maximum atomic E-state index is 13.4. The summed E-state index contributed by atoms with van der Waals surface area (Å²) in [5.74, 6) is -1.63. The molecule has 0 saturated heterocycles. The smallest absolute Gasteiger partial charge is 0.302 e. The van der Waals surface area contributed by atoms with Crippen molar-refractivity contribution in [3.63, 3.8) is 0 Å². The van der Waals surface area contributed by atoms with Crippen LogP contribution < -0.4 is 5.32 Å². The van der Waals surface area contributed by atoms with Crippen molar-refractivity contribution in [2.45, 2.75) is 12.6 Å². The molecule has 0 saturated carbocycles. The number of amides is 1. The van der Waals surface area contributed by atoms with Gasteiger partial charge in [0.05, 0.1) is 17.7 Å². The number of pyridine rings is 1. The van der Waals surface area contributed by atoms with Gasteiger partial charge in [-0.25, -0.2) is 9.37 Å². The van der Waals surface area contributed by atoms with E-state index in [0.717, 1.165) is 17.7 Å². The zero-order valence-corrected chi connectivity index (χ0v) is 13.9. The van der Waals surface area contributed by atoms with Crippen molar-refractivity contribution in [2.24, 2.45) is 0 Å². The highest BCUT2D eigenvalue weighted by Gasteiger charge is 2.31. The van der Waals surface area contributed by atoms with Crippen LogP contribution in [0.25, 0.3) is 11.3 Å². The van der Waals surface area contributed by atoms with Gasteiger partial charge in [-0.1, -0.05) is 0 Å². The van der Waals surface area contributed by atoms with Crippen LogP contribution in [0.1, 0.15) is 11.1 Å². The van der Waals surface area contributed by atoms with Crippen LogP contribution in [0.15, 0.2) is 48.1 Å². The molecule has 0 aliphatic rings. The first-order valence-corrected chi connectivity index (χ1v) is 8.21. The summed E-state index contributed by atoms with van der Waals surface area (Å²) in [6, 6.07) is 5.56. The molecule has 0 radical (unpaired) electrons. The van der Waals surface area contributed by atoms with Crippen molar-refractivity contribution >= 4 is 22.4 Å². The molecule has 3 rings (SSSR count). The van der Waals surface area contributed by atoms with E-state index in [0.29, 0.717) is 16.9 Å². The summed E-state index contributed by atoms with van der Waals surface area (Å²) < 4.78 is 51.5. The van der Waals surface area contributed by atoms with Gasteiger partial charge in [0.25, 0.3) is 0 Å². The standard InChI is InChI=1S/C17H11F4N3OS/c18-13-6-10(5-12(8-13)17(19,20)21)7-15(25)24-16-23-14(9-26-16)11-1-3-22-4-2-11/h1-6,8-9H,7H2,(H,23,24,25). The van der Waals surface area contributed by atoms with E-state index in [-0.39, 0.29) is 5.56 Å². The second kappa shape index (κ2) is 7.20. The van der Waals surface area contributed by atoms with E-state index in [4.69, 9.17) is 0 Å². The third-order valence-electron chi connectivity index (χ3n) is 3.38. The van der Waals surface area contributed by atoms with Crippen LogP contribution in [-0.4, -0.2) is 15.9 Å². The van der Waals surface area contributed by atoms with Gasteiger partial charge in [-0.05, 0) is 35.9 Å². The highest BCUT2D eigenvalue weighted by atomic mass is 32.1. The van der Waals surface area contributed by atoms with Crippen molar-refractivity contribution < 1.29 is 22.4 Å². The van der Waals surface area contributed by atoms with E-state index >= 15 is 0 Å². The Bertz CT molecular complexity index is 925. The maximum absolute atomic E-state index is 13.4. The molecule has 0 aliphatic heterocycles. The molecule has 134 valence electrons. The minimum absolute atomic E-state index is 0.0688. The van der Waals surface area contributed by atoms with Gasteiger partial charge in [0.2, 0.25) is 5.91 Å². The summed E-state index contributed by atoms with van der Waals surface area (Å²) in [6.45, 7) is 0. The van der Waals surface area contributed by atoms with Gasteiger partial charge in [-0.15, -0.1) is 11.3 Å². The van der Waals surface area contributed by atoms with Crippen LogP contribution in [0.4, 0.5) is 22.7 Å². The second-order valence-corrected chi connectivity index (χ2v) is 6.20. The Hall–Kier alpha value is -2.81. The maximum Gasteiger partial charge on any atom is 0.416 e. The lowest BCUT2D eigenvalue weighted by Gasteiger charge is -2.09. The molecule has 4 nitrogen and oxygen atoms in total. The monoisotopic (exact) mass is 381 g/mol. The molecule has 0 unspecified atom stereocenters. The fourth-order valence-electron chi connectivity index (χ4n) is 2.25. The summed E-state index contributed by atoms with van der Waals surface area (Å²) >= 11 is 1.18. The van der Waals surface area contributed by atoms with Crippen LogP contribution in [0, 0.1) is 5.82 Å². The number of alkyl halides is 3. The quantitative estimate of drug-likeness (QED) is 0.675. The summed E-state index contributed by atoms with van der Waals surface area (Å²) in [5.41, 5.74) is 0.254. The third kappa shape index (κ3) is 4.42. The van der Waals surface area contributed by atoms with Crippen molar-refractivity contribution in [1.29, 1.82) is 0 Å². The number of anilines is 1. The molecular weight excluding hydrogens is 370 g/mol. The van der Waals surface area contributed by atoms with Crippen LogP contribution in [0.2, 0.25) is 0 Å². The minimum Gasteiger partial charge on any atom is -0.302 e. The number of rotatable bonds is 4. The Morgan fingerprint density at radius 2 is 1.88 bits per heavy atom. The van der Waals surface area contributed by atoms with Crippen LogP contribution in [-0.2, 0) is 17.4 Å². The minimum atomic E-state index is -4.68. The molecule has 3 aromatic rings. The fraction of sp³-hybridized carbons (Fsp3) is 0.118. The van der Waals surface area contributed by atoms with Crippen molar-refractivity contribution in [1.82, 2.24) is 9.97 Å². The molecular formula is C17H11F4N3OS. The first-order chi connectivity index (χ1) is 12.3. The van der Waals surface area contributed by atoms with Gasteiger partial charge in [-0.2, -0.15) is 13.2 Å². The lowest BCUT2D eigenvalue weighted by atomic mass is 10.1. The number of benzene rings is 1. The van der Waals surface area contributed by atoms with E-state index in [9.17, 15) is 22.4 Å². The summed E-state index contributed by atoms with van der Waals surface area (Å²) in [7, 11) is 0. The zero-order chi connectivity index (χ0) is 18.7. The van der Waals surface area contributed by atoms with Gasteiger partial charge >= 0.3 is 6.18 Å². The fourth-order valence-corrected chi connectivity index (χ4v) is 2.99. The van der Waals surface area contributed by atoms with Crippen LogP contribution in [0.5, 0.6) is 0 Å². The Balaban J connectivity index is 1.70. The molecule has 2 aromatic heterocycles. The molecule has 0 aliphatic carbocycles. The van der Waals surface area contributed by atoms with Gasteiger partial charge in [0.15, 0.2) is 5.13 Å². The molecule has 0 fully saturated rings. The average Bonchev–Trinajstić information content (AvgIpc) is 3.02. The summed E-state index contributed by atoms with van der Waals surface area (Å²) in [4.78, 5) is 20.2. The van der Waals surface area contributed by atoms with E-state index in [1.54, 1.807) is 29.9 Å². The van der Waals surface area contributed by atoms with E-state index in [1.807, 2.05) is 0 Å². The molecule has 1 amide bonds.